The summed E-state index contributed by atoms with van der Waals surface area (Å²) in [6.45, 7) is 9.14. The van der Waals surface area contributed by atoms with Gasteiger partial charge < -0.3 is 10.6 Å². The van der Waals surface area contributed by atoms with E-state index < -0.39 is 6.03 Å². The summed E-state index contributed by atoms with van der Waals surface area (Å²) in [7, 11) is 0. The van der Waals surface area contributed by atoms with Gasteiger partial charge in [-0.25, -0.2) is 4.79 Å². The zero-order valence-corrected chi connectivity index (χ0v) is 13.4. The zero-order valence-electron chi connectivity index (χ0n) is 12.6. The third-order valence-corrected chi connectivity index (χ3v) is 5.01. The van der Waals surface area contributed by atoms with Gasteiger partial charge in [0.1, 0.15) is 0 Å². The monoisotopic (exact) mass is 289 g/mol. The molecule has 0 radical (unpaired) electrons. The van der Waals surface area contributed by atoms with Crippen LogP contribution in [0.15, 0.2) is 0 Å². The van der Waals surface area contributed by atoms with E-state index in [1.54, 1.807) is 13.8 Å². The van der Waals surface area contributed by atoms with Gasteiger partial charge in [-0.1, -0.05) is 13.8 Å². The molecule has 3 N–H and O–H groups in total. The van der Waals surface area contributed by atoms with Crippen molar-refractivity contribution >= 4 is 23.7 Å². The van der Waals surface area contributed by atoms with Crippen LogP contribution in [0.25, 0.3) is 0 Å². The summed E-state index contributed by atoms with van der Waals surface area (Å²) in [5.74, 6) is -0.298. The molecular formula is C13H27N3O2S. The summed E-state index contributed by atoms with van der Waals surface area (Å²) in [5, 5.41) is 8.06. The van der Waals surface area contributed by atoms with Crippen LogP contribution in [0.1, 0.15) is 40.5 Å². The van der Waals surface area contributed by atoms with Gasteiger partial charge in [-0.2, -0.15) is 11.8 Å². The molecule has 0 fully saturated rings. The van der Waals surface area contributed by atoms with Gasteiger partial charge in [0.25, 0.3) is 0 Å². The predicted octanol–water partition coefficient (Wildman–Crippen LogP) is 1.73. The number of hydrogen-bond acceptors (Lipinski definition) is 4. The Bertz CT molecular complexity index is 285. The molecule has 3 amide bonds. The molecule has 6 heteroatoms. The fourth-order valence-corrected chi connectivity index (χ4v) is 2.52. The van der Waals surface area contributed by atoms with Crippen molar-refractivity contribution in [3.8, 4) is 0 Å². The van der Waals surface area contributed by atoms with E-state index in [1.807, 2.05) is 11.8 Å². The molecule has 0 heterocycles. The molecule has 0 saturated heterocycles. The Morgan fingerprint density at radius 2 is 1.79 bits per heavy atom. The van der Waals surface area contributed by atoms with E-state index in [0.717, 1.165) is 19.4 Å². The van der Waals surface area contributed by atoms with Gasteiger partial charge in [0.2, 0.25) is 5.91 Å². The van der Waals surface area contributed by atoms with Crippen molar-refractivity contribution in [2.75, 3.05) is 19.3 Å². The van der Waals surface area contributed by atoms with Crippen LogP contribution < -0.4 is 16.0 Å². The summed E-state index contributed by atoms with van der Waals surface area (Å²) in [6, 6.07) is -0.824. The second-order valence-electron chi connectivity index (χ2n) is 4.55. The topological polar surface area (TPSA) is 70.2 Å². The Hall–Kier alpha value is -0.750. The fourth-order valence-electron chi connectivity index (χ4n) is 1.72. The Morgan fingerprint density at radius 3 is 2.21 bits per heavy atom. The quantitative estimate of drug-likeness (QED) is 0.636. The van der Waals surface area contributed by atoms with Crippen molar-refractivity contribution in [1.29, 1.82) is 0 Å². The molecule has 0 aliphatic rings. The highest BCUT2D eigenvalue weighted by Crippen LogP contribution is 2.29. The first-order valence-electron chi connectivity index (χ1n) is 6.81. The van der Waals surface area contributed by atoms with Crippen LogP contribution in [0.3, 0.4) is 0 Å². The molecule has 19 heavy (non-hydrogen) atoms. The molecule has 0 spiro atoms. The highest BCUT2D eigenvalue weighted by molar-refractivity contribution is 8.00. The molecule has 1 atom stereocenters. The molecule has 0 saturated carbocycles. The van der Waals surface area contributed by atoms with Crippen molar-refractivity contribution in [1.82, 2.24) is 16.0 Å². The maximum atomic E-state index is 11.8. The number of nitrogens with one attached hydrogen (secondary N) is 3. The lowest BCUT2D eigenvalue weighted by atomic mass is 10.0. The van der Waals surface area contributed by atoms with Gasteiger partial charge >= 0.3 is 6.03 Å². The SMILES string of the molecule is CCNC(=O)NC(=O)C(C)NCC(CC)(CC)SC. The number of rotatable bonds is 8. The van der Waals surface area contributed by atoms with Crippen LogP contribution in [0, 0.1) is 0 Å². The molecule has 0 aromatic heterocycles. The van der Waals surface area contributed by atoms with E-state index in [0.29, 0.717) is 6.54 Å². The number of imide groups is 1. The van der Waals surface area contributed by atoms with Crippen LogP contribution >= 0.6 is 11.8 Å². The Morgan fingerprint density at radius 1 is 1.21 bits per heavy atom. The highest BCUT2D eigenvalue weighted by atomic mass is 32.2. The fraction of sp³-hybridized carbons (Fsp3) is 0.846. The molecule has 1 unspecified atom stereocenters. The van der Waals surface area contributed by atoms with E-state index in [2.05, 4.69) is 36.1 Å². The van der Waals surface area contributed by atoms with Crippen molar-refractivity contribution in [3.63, 3.8) is 0 Å². The van der Waals surface area contributed by atoms with Crippen LogP contribution in [-0.4, -0.2) is 42.1 Å². The highest BCUT2D eigenvalue weighted by Gasteiger charge is 2.26. The maximum Gasteiger partial charge on any atom is 0.321 e. The third kappa shape index (κ3) is 6.29. The molecular weight excluding hydrogens is 262 g/mol. The van der Waals surface area contributed by atoms with Crippen LogP contribution in [-0.2, 0) is 4.79 Å². The summed E-state index contributed by atoms with van der Waals surface area (Å²) in [4.78, 5) is 23.0. The zero-order chi connectivity index (χ0) is 14.9. The van der Waals surface area contributed by atoms with Gasteiger partial charge in [0.15, 0.2) is 0 Å². The van der Waals surface area contributed by atoms with Gasteiger partial charge in [0, 0.05) is 17.8 Å². The molecule has 0 rings (SSSR count). The first-order valence-corrected chi connectivity index (χ1v) is 8.04. The van der Waals surface area contributed by atoms with Crippen LogP contribution in [0.4, 0.5) is 4.79 Å². The number of carbonyl (C=O) groups is 2. The largest absolute Gasteiger partial charge is 0.338 e. The molecule has 0 aliphatic heterocycles. The van der Waals surface area contributed by atoms with Crippen LogP contribution in [0.2, 0.25) is 0 Å². The standard InChI is InChI=1S/C13H27N3O2S/c1-6-13(7-2,19-5)9-15-10(4)11(17)16-12(18)14-8-3/h10,15H,6-9H2,1-5H3,(H2,14,16,17,18). The van der Waals surface area contributed by atoms with Crippen molar-refractivity contribution in [2.24, 2.45) is 0 Å². The maximum absolute atomic E-state index is 11.8. The van der Waals surface area contributed by atoms with E-state index >= 15 is 0 Å². The lowest BCUT2D eigenvalue weighted by molar-refractivity contribution is -0.121. The average molecular weight is 289 g/mol. The number of hydrogen-bond donors (Lipinski definition) is 3. The van der Waals surface area contributed by atoms with E-state index in [-0.39, 0.29) is 16.7 Å². The average Bonchev–Trinajstić information content (AvgIpc) is 2.40. The molecule has 0 aromatic rings. The Labute approximate surface area is 120 Å². The molecule has 0 bridgehead atoms. The van der Waals surface area contributed by atoms with Gasteiger partial charge in [-0.15, -0.1) is 0 Å². The minimum atomic E-state index is -0.441. The number of carbonyl (C=O) groups excluding carboxylic acids is 2. The number of amides is 3. The summed E-state index contributed by atoms with van der Waals surface area (Å²) in [5.41, 5.74) is 0. The van der Waals surface area contributed by atoms with Crippen molar-refractivity contribution in [2.45, 2.75) is 51.3 Å². The Balaban J connectivity index is 4.26. The molecule has 0 aliphatic carbocycles. The predicted molar refractivity (Wildman–Crippen MR) is 81.5 cm³/mol. The number of thioether (sulfide) groups is 1. The minimum absolute atomic E-state index is 0.153. The Kier molecular flexibility index (Phi) is 8.84. The van der Waals surface area contributed by atoms with Crippen molar-refractivity contribution < 1.29 is 9.59 Å². The first-order chi connectivity index (χ1) is 8.94. The van der Waals surface area contributed by atoms with Crippen molar-refractivity contribution in [3.05, 3.63) is 0 Å². The first kappa shape index (κ1) is 18.2. The second kappa shape index (κ2) is 9.20. The van der Waals surface area contributed by atoms with Crippen LogP contribution in [0.5, 0.6) is 0 Å². The second-order valence-corrected chi connectivity index (χ2v) is 5.82. The third-order valence-electron chi connectivity index (χ3n) is 3.42. The lowest BCUT2D eigenvalue weighted by Gasteiger charge is -2.31. The minimum Gasteiger partial charge on any atom is -0.338 e. The van der Waals surface area contributed by atoms with E-state index in [9.17, 15) is 9.59 Å². The number of urea groups is 1. The van der Waals surface area contributed by atoms with Gasteiger partial charge in [-0.05, 0) is 32.9 Å². The summed E-state index contributed by atoms with van der Waals surface area (Å²) >= 11 is 1.82. The van der Waals surface area contributed by atoms with E-state index in [1.165, 1.54) is 0 Å². The van der Waals surface area contributed by atoms with E-state index in [4.69, 9.17) is 0 Å². The molecule has 0 aromatic carbocycles. The lowest BCUT2D eigenvalue weighted by Crippen LogP contribution is -2.50. The smallest absolute Gasteiger partial charge is 0.321 e. The van der Waals surface area contributed by atoms with Gasteiger partial charge in [-0.3, -0.25) is 10.1 Å². The van der Waals surface area contributed by atoms with Gasteiger partial charge in [0.05, 0.1) is 6.04 Å². The molecule has 5 nitrogen and oxygen atoms in total. The normalized spacial score (nSPS) is 12.9. The molecule has 112 valence electrons. The summed E-state index contributed by atoms with van der Waals surface area (Å²) in [6.07, 6.45) is 4.18. The summed E-state index contributed by atoms with van der Waals surface area (Å²) < 4.78 is 0.153.